The summed E-state index contributed by atoms with van der Waals surface area (Å²) in [6, 6.07) is 1.89. The third-order valence-electron chi connectivity index (χ3n) is 7.36. The molecule has 2 N–H and O–H groups in total. The van der Waals surface area contributed by atoms with Crippen LogP contribution in [0.15, 0.2) is 18.7 Å². The number of nitrogens with zero attached hydrogens (tertiary/aromatic N) is 3. The number of carbonyl (C=O) groups is 1. The number of ether oxygens (including phenoxy) is 2. The molecule has 1 spiro atoms. The quantitative estimate of drug-likeness (QED) is 0.498. The maximum atomic E-state index is 14.0. The van der Waals surface area contributed by atoms with Crippen molar-refractivity contribution < 1.29 is 14.3 Å². The van der Waals surface area contributed by atoms with Gasteiger partial charge in [-0.3, -0.25) is 4.79 Å². The molecular weight excluding hydrogens is 507 g/mol. The fraction of sp³-hybridized carbons (Fsp3) is 0.500. The number of likely N-dealkylation sites (tertiary alicyclic amines) is 1. The van der Waals surface area contributed by atoms with Gasteiger partial charge in [0, 0.05) is 46.5 Å². The lowest BCUT2D eigenvalue weighted by atomic mass is 9.76. The normalized spacial score (nSPS) is 17.9. The highest BCUT2D eigenvalue weighted by atomic mass is 35.5. The molecule has 2 aliphatic heterocycles. The van der Waals surface area contributed by atoms with Gasteiger partial charge in [-0.15, -0.1) is 9.24 Å². The number of carbonyl (C=O) groups excluding carboxylic acids is 1. The Labute approximate surface area is 227 Å². The highest BCUT2D eigenvalue weighted by molar-refractivity contribution is 7.28. The van der Waals surface area contributed by atoms with Gasteiger partial charge in [-0.2, -0.15) is 0 Å². The third-order valence-corrected chi connectivity index (χ3v) is 8.46. The van der Waals surface area contributed by atoms with Crippen LogP contribution in [0.3, 0.4) is 0 Å². The number of hydrogen-bond donors (Lipinski definition) is 1. The van der Waals surface area contributed by atoms with Gasteiger partial charge >= 0.3 is 0 Å². The van der Waals surface area contributed by atoms with E-state index in [4.69, 9.17) is 31.8 Å². The molecule has 0 aliphatic carbocycles. The zero-order valence-electron chi connectivity index (χ0n) is 22.4. The van der Waals surface area contributed by atoms with E-state index in [2.05, 4.69) is 15.8 Å². The smallest absolute Gasteiger partial charge is 0.258 e. The molecule has 7 nitrogen and oxygen atoms in total. The number of halogens is 1. The van der Waals surface area contributed by atoms with E-state index >= 15 is 0 Å². The number of aromatic nitrogens is 2. The molecule has 3 heterocycles. The Kier molecular flexibility index (Phi) is 8.08. The van der Waals surface area contributed by atoms with Crippen LogP contribution in [0, 0.1) is 12.3 Å². The highest BCUT2D eigenvalue weighted by Crippen LogP contribution is 2.41. The lowest BCUT2D eigenvalue weighted by Gasteiger charge is -2.47. The summed E-state index contributed by atoms with van der Waals surface area (Å²) >= 11 is 6.77. The molecule has 2 atom stereocenters. The zero-order valence-corrected chi connectivity index (χ0v) is 24.3. The maximum Gasteiger partial charge on any atom is 0.258 e. The van der Waals surface area contributed by atoms with E-state index < -0.39 is 0 Å². The average molecular weight is 545 g/mol. The largest absolute Gasteiger partial charge is 0.490 e. The predicted octanol–water partition coefficient (Wildman–Crippen LogP) is 4.96. The summed E-state index contributed by atoms with van der Waals surface area (Å²) in [6.07, 6.45) is 5.60. The molecule has 1 amide bonds. The van der Waals surface area contributed by atoms with Gasteiger partial charge in [-0.1, -0.05) is 31.2 Å². The van der Waals surface area contributed by atoms with Gasteiger partial charge < -0.3 is 24.7 Å². The topological polar surface area (TPSA) is 82.6 Å². The van der Waals surface area contributed by atoms with E-state index in [1.54, 1.807) is 0 Å². The van der Waals surface area contributed by atoms with Crippen LogP contribution in [0.5, 0.6) is 5.75 Å². The SMILES string of the molecule is C=C(N)c1c(C)nc(C(C)c2cc(Cl)c(P)c(C(=O)N3CCC4(CC3)COC4)c2OC(C)C)n1/C=C\C. The van der Waals surface area contributed by atoms with E-state index in [0.29, 0.717) is 40.4 Å². The molecule has 2 unspecified atom stereocenters. The summed E-state index contributed by atoms with van der Waals surface area (Å²) in [7, 11) is 2.66. The number of nitrogens with two attached hydrogens (primary N) is 1. The van der Waals surface area contributed by atoms with Crippen molar-refractivity contribution in [1.82, 2.24) is 14.5 Å². The minimum Gasteiger partial charge on any atom is -0.490 e. The summed E-state index contributed by atoms with van der Waals surface area (Å²) < 4.78 is 13.8. The summed E-state index contributed by atoms with van der Waals surface area (Å²) in [4.78, 5) is 20.8. The Morgan fingerprint density at radius 1 is 1.32 bits per heavy atom. The summed E-state index contributed by atoms with van der Waals surface area (Å²) in [6.45, 7) is 16.7. The molecule has 0 bridgehead atoms. The van der Waals surface area contributed by atoms with E-state index in [0.717, 1.165) is 48.8 Å². The number of aryl methyl sites for hydroxylation is 1. The predicted molar refractivity (Wildman–Crippen MR) is 154 cm³/mol. The molecule has 1 aromatic carbocycles. The van der Waals surface area contributed by atoms with E-state index in [-0.39, 0.29) is 23.3 Å². The Hall–Kier alpha value is -2.34. The molecule has 9 heteroatoms. The second kappa shape index (κ2) is 10.8. The van der Waals surface area contributed by atoms with Crippen LogP contribution in [0.4, 0.5) is 0 Å². The van der Waals surface area contributed by atoms with Gasteiger partial charge in [0.05, 0.1) is 42.0 Å². The Morgan fingerprint density at radius 3 is 2.49 bits per heavy atom. The molecule has 0 saturated carbocycles. The molecule has 2 aromatic rings. The Bertz CT molecular complexity index is 1240. The molecule has 2 fully saturated rings. The van der Waals surface area contributed by atoms with Crippen LogP contribution in [0.1, 0.15) is 79.6 Å². The van der Waals surface area contributed by atoms with Crippen LogP contribution in [-0.2, 0) is 4.74 Å². The maximum absolute atomic E-state index is 14.0. The number of imidazole rings is 1. The van der Waals surface area contributed by atoms with Gasteiger partial charge in [0.2, 0.25) is 0 Å². The first-order valence-corrected chi connectivity index (χ1v) is 13.8. The fourth-order valence-corrected chi connectivity index (χ4v) is 5.83. The first-order valence-electron chi connectivity index (χ1n) is 12.8. The molecule has 1 aromatic heterocycles. The van der Waals surface area contributed by atoms with Gasteiger partial charge in [0.15, 0.2) is 0 Å². The van der Waals surface area contributed by atoms with Crippen molar-refractivity contribution in [3.05, 3.63) is 52.1 Å². The second-order valence-corrected chi connectivity index (χ2v) is 11.5. The number of benzene rings is 1. The lowest BCUT2D eigenvalue weighted by molar-refractivity contribution is -0.136. The van der Waals surface area contributed by atoms with Crippen LogP contribution < -0.4 is 15.8 Å². The Balaban J connectivity index is 1.82. The zero-order chi connectivity index (χ0) is 27.1. The van der Waals surface area contributed by atoms with Crippen molar-refractivity contribution in [3.63, 3.8) is 0 Å². The highest BCUT2D eigenvalue weighted by Gasteiger charge is 2.43. The lowest BCUT2D eigenvalue weighted by Crippen LogP contribution is -2.52. The van der Waals surface area contributed by atoms with Crippen molar-refractivity contribution in [2.24, 2.45) is 11.1 Å². The van der Waals surface area contributed by atoms with Crippen molar-refractivity contribution >= 4 is 43.9 Å². The minimum atomic E-state index is -0.247. The van der Waals surface area contributed by atoms with E-state index in [1.165, 1.54) is 0 Å². The number of rotatable bonds is 7. The van der Waals surface area contributed by atoms with Gasteiger partial charge in [-0.25, -0.2) is 4.98 Å². The van der Waals surface area contributed by atoms with E-state index in [1.807, 2.05) is 62.4 Å². The standard InChI is InChI=1S/C28H38ClN4O3P/c1-7-10-33-23(18(5)30)19(6)31-26(33)17(4)20-13-21(29)25(37)22(24(20)36-16(2)3)27(34)32-11-8-28(9-12-32)14-35-15-28/h7,10,13,16-17H,5,8-9,11-12,14-15,30,37H2,1-4,6H3/b10-7-. The average Bonchev–Trinajstić information content (AvgIpc) is 3.15. The number of hydrogen-bond acceptors (Lipinski definition) is 5. The molecular formula is C28H38ClN4O3P. The summed E-state index contributed by atoms with van der Waals surface area (Å²) in [5.41, 5.74) is 9.64. The third kappa shape index (κ3) is 5.19. The van der Waals surface area contributed by atoms with Crippen molar-refractivity contribution in [2.75, 3.05) is 26.3 Å². The first kappa shape index (κ1) is 27.7. The van der Waals surface area contributed by atoms with Crippen LogP contribution in [-0.4, -0.2) is 52.8 Å². The molecule has 4 rings (SSSR count). The second-order valence-electron chi connectivity index (χ2n) is 10.5. The molecule has 0 radical (unpaired) electrons. The number of amides is 1. The van der Waals surface area contributed by atoms with Crippen LogP contribution in [0.2, 0.25) is 5.02 Å². The number of allylic oxidation sites excluding steroid dienone is 1. The molecule has 2 saturated heterocycles. The van der Waals surface area contributed by atoms with Crippen molar-refractivity contribution in [2.45, 2.75) is 59.5 Å². The monoisotopic (exact) mass is 544 g/mol. The Morgan fingerprint density at radius 2 is 1.97 bits per heavy atom. The molecule has 37 heavy (non-hydrogen) atoms. The van der Waals surface area contributed by atoms with Crippen molar-refractivity contribution in [1.29, 1.82) is 0 Å². The summed E-state index contributed by atoms with van der Waals surface area (Å²) in [5, 5.41) is 1.14. The van der Waals surface area contributed by atoms with Gasteiger partial charge in [-0.05, 0) is 46.6 Å². The minimum absolute atomic E-state index is 0.0595. The summed E-state index contributed by atoms with van der Waals surface area (Å²) in [5.74, 6) is 1.01. The van der Waals surface area contributed by atoms with Gasteiger partial charge in [0.1, 0.15) is 11.6 Å². The van der Waals surface area contributed by atoms with Crippen LogP contribution in [0.25, 0.3) is 11.9 Å². The van der Waals surface area contributed by atoms with E-state index in [9.17, 15) is 4.79 Å². The molecule has 200 valence electrons. The van der Waals surface area contributed by atoms with Crippen molar-refractivity contribution in [3.8, 4) is 5.75 Å². The fourth-order valence-electron chi connectivity index (χ4n) is 5.28. The van der Waals surface area contributed by atoms with Gasteiger partial charge in [0.25, 0.3) is 5.91 Å². The van der Waals surface area contributed by atoms with Crippen LogP contribution >= 0.6 is 20.8 Å². The molecule has 2 aliphatic rings. The first-order chi connectivity index (χ1) is 17.5. The number of piperidine rings is 1.